The van der Waals surface area contributed by atoms with Gasteiger partial charge in [0, 0.05) is 29.5 Å². The lowest BCUT2D eigenvalue weighted by Crippen LogP contribution is -2.41. The molecule has 0 fully saturated rings. The summed E-state index contributed by atoms with van der Waals surface area (Å²) in [6, 6.07) is 9.98. The van der Waals surface area contributed by atoms with Crippen LogP contribution >= 0.6 is 11.3 Å². The van der Waals surface area contributed by atoms with Crippen LogP contribution in [-0.4, -0.2) is 26.9 Å². The average molecular weight is 365 g/mol. The molecule has 7 heteroatoms. The van der Waals surface area contributed by atoms with Gasteiger partial charge in [0.15, 0.2) is 10.8 Å². The molecule has 132 valence electrons. The van der Waals surface area contributed by atoms with Crippen LogP contribution in [0.1, 0.15) is 30.5 Å². The third kappa shape index (κ3) is 3.06. The molecular weight excluding hydrogens is 346 g/mol. The third-order valence-electron chi connectivity index (χ3n) is 4.72. The van der Waals surface area contributed by atoms with Gasteiger partial charge in [-0.15, -0.1) is 11.3 Å². The zero-order valence-electron chi connectivity index (χ0n) is 14.4. The fraction of sp³-hybridized carbons (Fsp3) is 0.263. The third-order valence-corrected chi connectivity index (χ3v) is 5.60. The Morgan fingerprint density at radius 3 is 2.81 bits per heavy atom. The Hall–Kier alpha value is -2.80. The van der Waals surface area contributed by atoms with Gasteiger partial charge in [-0.25, -0.2) is 15.0 Å². The molecule has 1 aliphatic heterocycles. The Bertz CT molecular complexity index is 926. The topological polar surface area (TPSA) is 85.0 Å². The number of thiazole rings is 1. The van der Waals surface area contributed by atoms with Crippen LogP contribution in [0.15, 0.2) is 48.1 Å². The molecule has 0 bridgehead atoms. The number of primary amides is 1. The summed E-state index contributed by atoms with van der Waals surface area (Å²) in [5.74, 6) is 0.145. The molecule has 0 unspecified atom stereocenters. The van der Waals surface area contributed by atoms with Gasteiger partial charge in [0.2, 0.25) is 5.91 Å². The normalized spacial score (nSPS) is 19.2. The standard InChI is InChI=1S/C19H19N5OS/c1-12-9-15(17(20)25)14-5-2-3-6-16(14)24(12)10-13-11-26-19(23-13)18-21-7-4-8-22-18/h2-8,11-12,15H,9-10H2,1H3,(H2,20,25)/t12-,15+/m1/s1. The number of amides is 1. The highest BCUT2D eigenvalue weighted by Gasteiger charge is 2.33. The molecular formula is C19H19N5OS. The maximum atomic E-state index is 11.9. The average Bonchev–Trinajstić information content (AvgIpc) is 3.13. The van der Waals surface area contributed by atoms with Crippen LogP contribution in [-0.2, 0) is 11.3 Å². The molecule has 26 heavy (non-hydrogen) atoms. The summed E-state index contributed by atoms with van der Waals surface area (Å²) in [5.41, 5.74) is 8.65. The first-order valence-electron chi connectivity index (χ1n) is 8.50. The number of nitrogens with zero attached hydrogens (tertiary/aromatic N) is 4. The molecule has 3 aromatic rings. The van der Waals surface area contributed by atoms with Crippen molar-refractivity contribution in [2.45, 2.75) is 31.8 Å². The summed E-state index contributed by atoms with van der Waals surface area (Å²) in [5, 5.41) is 2.86. The lowest BCUT2D eigenvalue weighted by Gasteiger charge is -2.39. The second kappa shape index (κ2) is 6.84. The number of hydrogen-bond acceptors (Lipinski definition) is 6. The predicted molar refractivity (Wildman–Crippen MR) is 102 cm³/mol. The molecule has 1 amide bonds. The smallest absolute Gasteiger partial charge is 0.225 e. The van der Waals surface area contributed by atoms with Crippen LogP contribution in [0.3, 0.4) is 0 Å². The minimum absolute atomic E-state index is 0.195. The number of carbonyl (C=O) groups excluding carboxylic acids is 1. The van der Waals surface area contributed by atoms with Gasteiger partial charge >= 0.3 is 0 Å². The molecule has 1 aliphatic rings. The number of rotatable bonds is 4. The molecule has 1 aromatic carbocycles. The summed E-state index contributed by atoms with van der Waals surface area (Å²) in [4.78, 5) is 27.4. The Kier molecular flexibility index (Phi) is 4.38. The maximum absolute atomic E-state index is 11.9. The monoisotopic (exact) mass is 365 g/mol. The highest BCUT2D eigenvalue weighted by Crippen LogP contribution is 2.39. The molecule has 3 heterocycles. The van der Waals surface area contributed by atoms with E-state index in [0.717, 1.165) is 22.0 Å². The van der Waals surface area contributed by atoms with Crippen LogP contribution in [0.25, 0.3) is 10.8 Å². The molecule has 2 aromatic heterocycles. The van der Waals surface area contributed by atoms with Gasteiger partial charge in [-0.3, -0.25) is 4.79 Å². The fourth-order valence-corrected chi connectivity index (χ4v) is 4.21. The first-order chi connectivity index (χ1) is 12.6. The highest BCUT2D eigenvalue weighted by molar-refractivity contribution is 7.13. The summed E-state index contributed by atoms with van der Waals surface area (Å²) in [6.07, 6.45) is 4.15. The molecule has 4 rings (SSSR count). The van der Waals surface area contributed by atoms with Crippen molar-refractivity contribution in [2.75, 3.05) is 4.90 Å². The van der Waals surface area contributed by atoms with E-state index in [1.54, 1.807) is 29.8 Å². The van der Waals surface area contributed by atoms with E-state index in [9.17, 15) is 4.79 Å². The number of nitrogens with two attached hydrogens (primary N) is 1. The van der Waals surface area contributed by atoms with E-state index >= 15 is 0 Å². The minimum Gasteiger partial charge on any atom is -0.369 e. The molecule has 0 radical (unpaired) electrons. The highest BCUT2D eigenvalue weighted by atomic mass is 32.1. The van der Waals surface area contributed by atoms with E-state index in [-0.39, 0.29) is 17.9 Å². The van der Waals surface area contributed by atoms with Gasteiger partial charge in [-0.2, -0.15) is 0 Å². The zero-order chi connectivity index (χ0) is 18.1. The zero-order valence-corrected chi connectivity index (χ0v) is 15.2. The molecule has 0 saturated carbocycles. The molecule has 0 aliphatic carbocycles. The van der Waals surface area contributed by atoms with Gasteiger partial charge in [-0.05, 0) is 31.0 Å². The quantitative estimate of drug-likeness (QED) is 0.768. The largest absolute Gasteiger partial charge is 0.369 e. The lowest BCUT2D eigenvalue weighted by molar-refractivity contribution is -0.119. The van der Waals surface area contributed by atoms with Crippen LogP contribution in [0.5, 0.6) is 0 Å². The van der Waals surface area contributed by atoms with Crippen LogP contribution < -0.4 is 10.6 Å². The van der Waals surface area contributed by atoms with Crippen molar-refractivity contribution in [1.29, 1.82) is 0 Å². The Balaban J connectivity index is 1.63. The van der Waals surface area contributed by atoms with Crippen molar-refractivity contribution in [3.8, 4) is 10.8 Å². The summed E-state index contributed by atoms with van der Waals surface area (Å²) in [7, 11) is 0. The first kappa shape index (κ1) is 16.7. The van der Waals surface area contributed by atoms with E-state index in [2.05, 4.69) is 27.9 Å². The molecule has 0 saturated heterocycles. The van der Waals surface area contributed by atoms with Crippen molar-refractivity contribution < 1.29 is 4.79 Å². The van der Waals surface area contributed by atoms with Crippen molar-refractivity contribution >= 4 is 22.9 Å². The number of benzene rings is 1. The van der Waals surface area contributed by atoms with Crippen molar-refractivity contribution in [1.82, 2.24) is 15.0 Å². The van der Waals surface area contributed by atoms with Crippen LogP contribution in [0.4, 0.5) is 5.69 Å². The second-order valence-corrected chi connectivity index (χ2v) is 7.30. The Labute approximate surface area is 155 Å². The summed E-state index contributed by atoms with van der Waals surface area (Å²) >= 11 is 1.54. The van der Waals surface area contributed by atoms with E-state index in [1.807, 2.05) is 23.6 Å². The Morgan fingerprint density at radius 2 is 2.04 bits per heavy atom. The fourth-order valence-electron chi connectivity index (χ4n) is 3.45. The summed E-state index contributed by atoms with van der Waals surface area (Å²) in [6.45, 7) is 2.80. The van der Waals surface area contributed by atoms with Gasteiger partial charge in [-0.1, -0.05) is 18.2 Å². The number of para-hydroxylation sites is 1. The molecule has 6 nitrogen and oxygen atoms in total. The Morgan fingerprint density at radius 1 is 1.27 bits per heavy atom. The van der Waals surface area contributed by atoms with Gasteiger partial charge in [0.05, 0.1) is 18.2 Å². The SMILES string of the molecule is C[C@@H]1C[C@H](C(N)=O)c2ccccc2N1Cc1csc(-c2ncccn2)n1. The number of anilines is 1. The molecule has 0 spiro atoms. The van der Waals surface area contributed by atoms with Gasteiger partial charge in [0.25, 0.3) is 0 Å². The summed E-state index contributed by atoms with van der Waals surface area (Å²) < 4.78 is 0. The lowest BCUT2D eigenvalue weighted by atomic mass is 9.85. The number of fused-ring (bicyclic) bond motifs is 1. The maximum Gasteiger partial charge on any atom is 0.225 e. The van der Waals surface area contributed by atoms with E-state index in [0.29, 0.717) is 18.8 Å². The number of aromatic nitrogens is 3. The molecule has 2 N–H and O–H groups in total. The first-order valence-corrected chi connectivity index (χ1v) is 9.38. The van der Waals surface area contributed by atoms with E-state index < -0.39 is 0 Å². The van der Waals surface area contributed by atoms with Crippen molar-refractivity contribution in [2.24, 2.45) is 5.73 Å². The molecule has 2 atom stereocenters. The van der Waals surface area contributed by atoms with Crippen molar-refractivity contribution in [3.63, 3.8) is 0 Å². The van der Waals surface area contributed by atoms with Gasteiger partial charge in [0.1, 0.15) is 0 Å². The van der Waals surface area contributed by atoms with Crippen LogP contribution in [0.2, 0.25) is 0 Å². The number of carbonyl (C=O) groups is 1. The minimum atomic E-state index is -0.263. The second-order valence-electron chi connectivity index (χ2n) is 6.44. The predicted octanol–water partition coefficient (Wildman–Crippen LogP) is 2.97. The van der Waals surface area contributed by atoms with Crippen molar-refractivity contribution in [3.05, 3.63) is 59.4 Å². The van der Waals surface area contributed by atoms with Gasteiger partial charge < -0.3 is 10.6 Å². The number of hydrogen-bond donors (Lipinski definition) is 1. The van der Waals surface area contributed by atoms with E-state index in [4.69, 9.17) is 10.7 Å². The van der Waals surface area contributed by atoms with E-state index in [1.165, 1.54) is 0 Å². The van der Waals surface area contributed by atoms with Crippen LogP contribution in [0, 0.1) is 0 Å².